The molecule has 0 radical (unpaired) electrons. The van der Waals surface area contributed by atoms with Crippen LogP contribution in [-0.4, -0.2) is 33.3 Å². The highest BCUT2D eigenvalue weighted by Crippen LogP contribution is 2.02. The van der Waals surface area contributed by atoms with Crippen molar-refractivity contribution in [3.8, 4) is 0 Å². The predicted octanol–water partition coefficient (Wildman–Crippen LogP) is -0.153. The highest BCUT2D eigenvalue weighted by molar-refractivity contribution is 5.76. The third kappa shape index (κ3) is 4.95. The number of carbonyl (C=O) groups excluding carboxylic acids is 1. The van der Waals surface area contributed by atoms with Gasteiger partial charge in [0.25, 0.3) is 0 Å². The highest BCUT2D eigenvalue weighted by atomic mass is 16.1. The Labute approximate surface area is 102 Å². The molecule has 1 rings (SSSR count). The average Bonchev–Trinajstić information content (AvgIpc) is 2.64. The quantitative estimate of drug-likeness (QED) is 0.722. The summed E-state index contributed by atoms with van der Waals surface area (Å²) in [5, 5.41) is 6.94. The van der Waals surface area contributed by atoms with Crippen molar-refractivity contribution in [3.05, 3.63) is 12.2 Å². The molecule has 6 nitrogen and oxygen atoms in total. The molecule has 0 saturated carbocycles. The normalized spacial score (nSPS) is 12.8. The van der Waals surface area contributed by atoms with Gasteiger partial charge in [-0.2, -0.15) is 5.10 Å². The first-order chi connectivity index (χ1) is 7.99. The summed E-state index contributed by atoms with van der Waals surface area (Å²) in [7, 11) is 1.82. The van der Waals surface area contributed by atoms with Crippen molar-refractivity contribution in [2.24, 2.45) is 18.7 Å². The van der Waals surface area contributed by atoms with Crippen molar-refractivity contribution in [1.82, 2.24) is 20.1 Å². The van der Waals surface area contributed by atoms with Crippen LogP contribution < -0.4 is 11.1 Å². The Morgan fingerprint density at radius 2 is 2.29 bits per heavy atom. The van der Waals surface area contributed by atoms with E-state index in [1.165, 1.54) is 0 Å². The van der Waals surface area contributed by atoms with Gasteiger partial charge >= 0.3 is 0 Å². The lowest BCUT2D eigenvalue weighted by molar-refractivity contribution is -0.121. The van der Waals surface area contributed by atoms with Crippen LogP contribution in [0.15, 0.2) is 6.33 Å². The molecule has 0 aliphatic heterocycles. The van der Waals surface area contributed by atoms with Gasteiger partial charge < -0.3 is 11.1 Å². The van der Waals surface area contributed by atoms with E-state index in [0.29, 0.717) is 25.3 Å². The molecule has 0 saturated heterocycles. The first-order valence-corrected chi connectivity index (χ1v) is 5.86. The summed E-state index contributed by atoms with van der Waals surface area (Å²) < 4.78 is 1.64. The number of nitrogens with two attached hydrogens (primary N) is 1. The van der Waals surface area contributed by atoms with E-state index in [-0.39, 0.29) is 11.9 Å². The van der Waals surface area contributed by atoms with Gasteiger partial charge in [-0.05, 0) is 5.92 Å². The van der Waals surface area contributed by atoms with Gasteiger partial charge in [-0.1, -0.05) is 13.8 Å². The lowest BCUT2D eigenvalue weighted by Crippen LogP contribution is -2.35. The monoisotopic (exact) mass is 239 g/mol. The first kappa shape index (κ1) is 13.6. The van der Waals surface area contributed by atoms with E-state index in [2.05, 4.69) is 15.4 Å². The SMILES string of the molecule is CC(C)C(N)CC(=O)NCCc1ncn(C)n1. The van der Waals surface area contributed by atoms with E-state index in [1.807, 2.05) is 20.9 Å². The summed E-state index contributed by atoms with van der Waals surface area (Å²) in [6.45, 7) is 4.57. The molecule has 0 bridgehead atoms. The Balaban J connectivity index is 2.20. The topological polar surface area (TPSA) is 85.8 Å². The maximum absolute atomic E-state index is 11.5. The van der Waals surface area contributed by atoms with E-state index in [9.17, 15) is 4.79 Å². The van der Waals surface area contributed by atoms with Crippen molar-refractivity contribution >= 4 is 5.91 Å². The number of hydrogen-bond donors (Lipinski definition) is 2. The second-order valence-corrected chi connectivity index (χ2v) is 4.55. The molecule has 96 valence electrons. The molecule has 1 heterocycles. The van der Waals surface area contributed by atoms with Crippen LogP contribution in [0.25, 0.3) is 0 Å². The van der Waals surface area contributed by atoms with Gasteiger partial charge in [0.15, 0.2) is 5.82 Å². The van der Waals surface area contributed by atoms with Crippen LogP contribution in [0.3, 0.4) is 0 Å². The minimum absolute atomic E-state index is 0.0119. The van der Waals surface area contributed by atoms with E-state index >= 15 is 0 Å². The number of rotatable bonds is 6. The summed E-state index contributed by atoms with van der Waals surface area (Å²) in [6, 6.07) is -0.0806. The van der Waals surface area contributed by atoms with Crippen LogP contribution in [0.5, 0.6) is 0 Å². The molecule has 3 N–H and O–H groups in total. The molecule has 0 aliphatic rings. The van der Waals surface area contributed by atoms with E-state index in [4.69, 9.17) is 5.73 Å². The number of nitrogens with zero attached hydrogens (tertiary/aromatic N) is 3. The van der Waals surface area contributed by atoms with Gasteiger partial charge in [0.1, 0.15) is 6.33 Å². The van der Waals surface area contributed by atoms with Gasteiger partial charge in [0, 0.05) is 32.5 Å². The van der Waals surface area contributed by atoms with Gasteiger partial charge in [0.05, 0.1) is 0 Å². The molecule has 1 aromatic rings. The molecule has 0 fully saturated rings. The molecule has 6 heteroatoms. The molecular formula is C11H21N5O. The van der Waals surface area contributed by atoms with E-state index < -0.39 is 0 Å². The third-order valence-corrected chi connectivity index (χ3v) is 2.60. The van der Waals surface area contributed by atoms with E-state index in [1.54, 1.807) is 11.0 Å². The number of amides is 1. The third-order valence-electron chi connectivity index (χ3n) is 2.60. The lowest BCUT2D eigenvalue weighted by atomic mass is 10.0. The van der Waals surface area contributed by atoms with Crippen LogP contribution in [0.4, 0.5) is 0 Å². The Kier molecular flexibility index (Phi) is 5.09. The molecule has 17 heavy (non-hydrogen) atoms. The smallest absolute Gasteiger partial charge is 0.221 e. The largest absolute Gasteiger partial charge is 0.356 e. The molecule has 1 aromatic heterocycles. The van der Waals surface area contributed by atoms with Crippen LogP contribution in [-0.2, 0) is 18.3 Å². The Morgan fingerprint density at radius 1 is 1.59 bits per heavy atom. The van der Waals surface area contributed by atoms with Crippen molar-refractivity contribution in [2.45, 2.75) is 32.7 Å². The average molecular weight is 239 g/mol. The minimum atomic E-state index is -0.0806. The standard InChI is InChI=1S/C11H21N5O/c1-8(2)9(12)6-11(17)13-5-4-10-14-7-16(3)15-10/h7-9H,4-6,12H2,1-3H3,(H,13,17). The Bertz CT molecular complexity index is 360. The number of aromatic nitrogens is 3. The van der Waals surface area contributed by atoms with Crippen LogP contribution >= 0.6 is 0 Å². The Hall–Kier alpha value is -1.43. The molecule has 0 aromatic carbocycles. The predicted molar refractivity (Wildman–Crippen MR) is 65.1 cm³/mol. The second kappa shape index (κ2) is 6.34. The zero-order chi connectivity index (χ0) is 12.8. The molecular weight excluding hydrogens is 218 g/mol. The van der Waals surface area contributed by atoms with Crippen LogP contribution in [0.1, 0.15) is 26.1 Å². The van der Waals surface area contributed by atoms with Crippen LogP contribution in [0, 0.1) is 5.92 Å². The number of carbonyl (C=O) groups is 1. The fourth-order valence-electron chi connectivity index (χ4n) is 1.33. The summed E-state index contributed by atoms with van der Waals surface area (Å²) in [5.74, 6) is 1.04. The second-order valence-electron chi connectivity index (χ2n) is 4.55. The summed E-state index contributed by atoms with van der Waals surface area (Å²) in [4.78, 5) is 15.6. The molecule has 1 unspecified atom stereocenters. The maximum atomic E-state index is 11.5. The number of nitrogens with one attached hydrogen (secondary N) is 1. The summed E-state index contributed by atoms with van der Waals surface area (Å²) in [5.41, 5.74) is 5.81. The molecule has 1 atom stereocenters. The lowest BCUT2D eigenvalue weighted by Gasteiger charge is -2.14. The van der Waals surface area contributed by atoms with Gasteiger partial charge in [-0.3, -0.25) is 9.48 Å². The van der Waals surface area contributed by atoms with Crippen LogP contribution in [0.2, 0.25) is 0 Å². The first-order valence-electron chi connectivity index (χ1n) is 5.86. The zero-order valence-corrected chi connectivity index (χ0v) is 10.7. The van der Waals surface area contributed by atoms with Crippen molar-refractivity contribution < 1.29 is 4.79 Å². The maximum Gasteiger partial charge on any atom is 0.221 e. The van der Waals surface area contributed by atoms with Gasteiger partial charge in [-0.25, -0.2) is 4.98 Å². The molecule has 1 amide bonds. The van der Waals surface area contributed by atoms with Crippen molar-refractivity contribution in [2.75, 3.05) is 6.54 Å². The molecule has 0 aliphatic carbocycles. The summed E-state index contributed by atoms with van der Waals surface area (Å²) >= 11 is 0. The highest BCUT2D eigenvalue weighted by Gasteiger charge is 2.12. The van der Waals surface area contributed by atoms with Crippen molar-refractivity contribution in [3.63, 3.8) is 0 Å². The summed E-state index contributed by atoms with van der Waals surface area (Å²) in [6.07, 6.45) is 2.66. The number of hydrogen-bond acceptors (Lipinski definition) is 4. The fourth-order valence-corrected chi connectivity index (χ4v) is 1.33. The molecule has 0 spiro atoms. The van der Waals surface area contributed by atoms with Gasteiger partial charge in [0.2, 0.25) is 5.91 Å². The number of aryl methyl sites for hydroxylation is 1. The van der Waals surface area contributed by atoms with Crippen molar-refractivity contribution in [1.29, 1.82) is 0 Å². The zero-order valence-electron chi connectivity index (χ0n) is 10.7. The minimum Gasteiger partial charge on any atom is -0.356 e. The Morgan fingerprint density at radius 3 is 2.82 bits per heavy atom. The van der Waals surface area contributed by atoms with E-state index in [0.717, 1.165) is 5.82 Å². The fraction of sp³-hybridized carbons (Fsp3) is 0.727. The van der Waals surface area contributed by atoms with Gasteiger partial charge in [-0.15, -0.1) is 0 Å².